The zero-order valence-electron chi connectivity index (χ0n) is 13.0. The van der Waals surface area contributed by atoms with E-state index in [0.29, 0.717) is 12.0 Å². The van der Waals surface area contributed by atoms with Gasteiger partial charge < -0.3 is 10.2 Å². The van der Waals surface area contributed by atoms with Crippen LogP contribution in [-0.2, 0) is 9.59 Å². The van der Waals surface area contributed by atoms with Crippen molar-refractivity contribution in [3.63, 3.8) is 0 Å². The highest BCUT2D eigenvalue weighted by Gasteiger charge is 2.38. The summed E-state index contributed by atoms with van der Waals surface area (Å²) in [6.07, 6.45) is 7.14. The Bertz CT molecular complexity index is 394. The maximum atomic E-state index is 12.7. The Hall–Kier alpha value is -1.10. The molecule has 1 saturated heterocycles. The molecule has 0 aromatic heterocycles. The molecule has 0 aromatic rings. The third kappa shape index (κ3) is 3.57. The third-order valence-corrected chi connectivity index (χ3v) is 5.19. The molecule has 2 saturated carbocycles. The molecule has 1 atom stereocenters. The van der Waals surface area contributed by atoms with E-state index in [1.54, 1.807) is 6.92 Å². The summed E-state index contributed by atoms with van der Waals surface area (Å²) < 4.78 is 0. The second kappa shape index (κ2) is 6.34. The molecule has 1 N–H and O–H groups in total. The Kier molecular flexibility index (Phi) is 4.48. The predicted molar refractivity (Wildman–Crippen MR) is 80.7 cm³/mol. The number of nitrogens with one attached hydrogen (secondary N) is 1. The van der Waals surface area contributed by atoms with Crippen LogP contribution in [0.1, 0.15) is 45.4 Å². The number of carbonyl (C=O) groups excluding carboxylic acids is 2. The summed E-state index contributed by atoms with van der Waals surface area (Å²) in [6.45, 7) is 4.81. The van der Waals surface area contributed by atoms with Crippen molar-refractivity contribution in [3.05, 3.63) is 0 Å². The van der Waals surface area contributed by atoms with E-state index in [1.807, 2.05) is 4.90 Å². The molecule has 3 rings (SSSR count). The number of hydrogen-bond acceptors (Lipinski definition) is 3. The number of nitrogens with zero attached hydrogens (tertiary/aromatic N) is 2. The molecule has 118 valence electrons. The Labute approximate surface area is 127 Å². The van der Waals surface area contributed by atoms with Crippen molar-refractivity contribution in [2.45, 2.75) is 57.5 Å². The van der Waals surface area contributed by atoms with Gasteiger partial charge in [-0.2, -0.15) is 0 Å². The van der Waals surface area contributed by atoms with Gasteiger partial charge in [-0.05, 0) is 31.6 Å². The Morgan fingerprint density at radius 2 is 1.62 bits per heavy atom. The SMILES string of the molecule is CC(=O)N1CCN(C(C(=O)NC2CC2)C2CCCC2)CC1. The highest BCUT2D eigenvalue weighted by Crippen LogP contribution is 2.31. The largest absolute Gasteiger partial charge is 0.352 e. The van der Waals surface area contributed by atoms with Gasteiger partial charge in [0.25, 0.3) is 0 Å². The van der Waals surface area contributed by atoms with Crippen LogP contribution in [-0.4, -0.2) is 59.9 Å². The molecule has 2 aliphatic carbocycles. The summed E-state index contributed by atoms with van der Waals surface area (Å²) in [4.78, 5) is 28.3. The van der Waals surface area contributed by atoms with Gasteiger partial charge in [0, 0.05) is 39.1 Å². The lowest BCUT2D eigenvalue weighted by Gasteiger charge is -2.40. The van der Waals surface area contributed by atoms with Crippen molar-refractivity contribution < 1.29 is 9.59 Å². The van der Waals surface area contributed by atoms with E-state index >= 15 is 0 Å². The van der Waals surface area contributed by atoms with Crippen molar-refractivity contribution in [2.24, 2.45) is 5.92 Å². The first-order valence-electron chi connectivity index (χ1n) is 8.45. The van der Waals surface area contributed by atoms with Gasteiger partial charge in [-0.3, -0.25) is 14.5 Å². The summed E-state index contributed by atoms with van der Waals surface area (Å²) >= 11 is 0. The molecule has 0 radical (unpaired) electrons. The first-order valence-corrected chi connectivity index (χ1v) is 8.45. The molecule has 3 fully saturated rings. The third-order valence-electron chi connectivity index (χ3n) is 5.19. The molecule has 0 aromatic carbocycles. The van der Waals surface area contributed by atoms with Gasteiger partial charge in [0.2, 0.25) is 11.8 Å². The number of rotatable bonds is 4. The molecule has 1 aliphatic heterocycles. The monoisotopic (exact) mass is 293 g/mol. The lowest BCUT2D eigenvalue weighted by Crippen LogP contribution is -2.58. The van der Waals surface area contributed by atoms with Crippen molar-refractivity contribution in [1.82, 2.24) is 15.1 Å². The molecule has 1 heterocycles. The number of hydrogen-bond donors (Lipinski definition) is 1. The quantitative estimate of drug-likeness (QED) is 0.841. The Morgan fingerprint density at radius 3 is 2.14 bits per heavy atom. The molecule has 0 bridgehead atoms. The van der Waals surface area contributed by atoms with Gasteiger partial charge in [0.1, 0.15) is 0 Å². The van der Waals surface area contributed by atoms with Crippen LogP contribution >= 0.6 is 0 Å². The first-order chi connectivity index (χ1) is 10.1. The molecule has 0 spiro atoms. The summed E-state index contributed by atoms with van der Waals surface area (Å²) in [6, 6.07) is 0.460. The van der Waals surface area contributed by atoms with Gasteiger partial charge in [-0.15, -0.1) is 0 Å². The smallest absolute Gasteiger partial charge is 0.237 e. The average Bonchev–Trinajstić information content (AvgIpc) is 3.12. The fraction of sp³-hybridized carbons (Fsp3) is 0.875. The topological polar surface area (TPSA) is 52.7 Å². The fourth-order valence-electron chi connectivity index (χ4n) is 3.78. The highest BCUT2D eigenvalue weighted by atomic mass is 16.2. The predicted octanol–water partition coefficient (Wildman–Crippen LogP) is 0.988. The average molecular weight is 293 g/mol. The number of amides is 2. The maximum Gasteiger partial charge on any atom is 0.237 e. The summed E-state index contributed by atoms with van der Waals surface area (Å²) in [7, 11) is 0. The zero-order chi connectivity index (χ0) is 14.8. The van der Waals surface area contributed by atoms with E-state index < -0.39 is 0 Å². The van der Waals surface area contributed by atoms with E-state index in [9.17, 15) is 9.59 Å². The second-order valence-corrected chi connectivity index (χ2v) is 6.81. The molecule has 3 aliphatic rings. The number of carbonyl (C=O) groups is 2. The van der Waals surface area contributed by atoms with Crippen molar-refractivity contribution in [2.75, 3.05) is 26.2 Å². The minimum atomic E-state index is 0.0298. The van der Waals surface area contributed by atoms with Crippen molar-refractivity contribution in [1.29, 1.82) is 0 Å². The summed E-state index contributed by atoms with van der Waals surface area (Å²) in [5.74, 6) is 0.891. The van der Waals surface area contributed by atoms with Gasteiger partial charge >= 0.3 is 0 Å². The number of piperazine rings is 1. The lowest BCUT2D eigenvalue weighted by molar-refractivity contribution is -0.133. The van der Waals surface area contributed by atoms with E-state index in [0.717, 1.165) is 39.0 Å². The van der Waals surface area contributed by atoms with Crippen molar-refractivity contribution >= 4 is 11.8 Å². The maximum absolute atomic E-state index is 12.7. The van der Waals surface area contributed by atoms with Gasteiger partial charge in [0.05, 0.1) is 6.04 Å². The van der Waals surface area contributed by atoms with E-state index in [2.05, 4.69) is 10.2 Å². The summed E-state index contributed by atoms with van der Waals surface area (Å²) in [5, 5.41) is 3.20. The van der Waals surface area contributed by atoms with Crippen LogP contribution in [0.2, 0.25) is 0 Å². The summed E-state index contributed by atoms with van der Waals surface area (Å²) in [5.41, 5.74) is 0. The fourth-order valence-corrected chi connectivity index (χ4v) is 3.78. The lowest BCUT2D eigenvalue weighted by atomic mass is 9.95. The standard InChI is InChI=1S/C16H27N3O2/c1-12(20)18-8-10-19(11-9-18)15(13-4-2-3-5-13)16(21)17-14-6-7-14/h13-15H,2-11H2,1H3,(H,17,21). The van der Waals surface area contributed by atoms with Crippen LogP contribution in [0.4, 0.5) is 0 Å². The van der Waals surface area contributed by atoms with Gasteiger partial charge in [-0.25, -0.2) is 0 Å². The molecule has 5 nitrogen and oxygen atoms in total. The highest BCUT2D eigenvalue weighted by molar-refractivity contribution is 5.82. The Morgan fingerprint density at radius 1 is 1.00 bits per heavy atom. The van der Waals surface area contributed by atoms with E-state index in [-0.39, 0.29) is 17.9 Å². The molecule has 1 unspecified atom stereocenters. The van der Waals surface area contributed by atoms with Crippen molar-refractivity contribution in [3.8, 4) is 0 Å². The minimum absolute atomic E-state index is 0.0298. The molecular weight excluding hydrogens is 266 g/mol. The van der Waals surface area contributed by atoms with Crippen LogP contribution in [0.25, 0.3) is 0 Å². The van der Waals surface area contributed by atoms with Crippen LogP contribution < -0.4 is 5.32 Å². The normalized spacial score (nSPS) is 25.9. The molecule has 2 amide bonds. The molecule has 21 heavy (non-hydrogen) atoms. The van der Waals surface area contributed by atoms with Crippen LogP contribution in [0.3, 0.4) is 0 Å². The molecular formula is C16H27N3O2. The van der Waals surface area contributed by atoms with Crippen LogP contribution in [0, 0.1) is 5.92 Å². The van der Waals surface area contributed by atoms with Crippen LogP contribution in [0.15, 0.2) is 0 Å². The zero-order valence-corrected chi connectivity index (χ0v) is 13.0. The van der Waals surface area contributed by atoms with E-state index in [4.69, 9.17) is 0 Å². The molecule has 5 heteroatoms. The van der Waals surface area contributed by atoms with Gasteiger partial charge in [0.15, 0.2) is 0 Å². The Balaban J connectivity index is 1.63. The minimum Gasteiger partial charge on any atom is -0.352 e. The second-order valence-electron chi connectivity index (χ2n) is 6.81. The first kappa shape index (κ1) is 14.8. The van der Waals surface area contributed by atoms with Crippen LogP contribution in [0.5, 0.6) is 0 Å². The van der Waals surface area contributed by atoms with E-state index in [1.165, 1.54) is 25.7 Å². The van der Waals surface area contributed by atoms with Gasteiger partial charge in [-0.1, -0.05) is 12.8 Å².